The largest absolute Gasteiger partial charge is 0.397 e. The van der Waals surface area contributed by atoms with Crippen molar-refractivity contribution in [1.82, 2.24) is 0 Å². The lowest BCUT2D eigenvalue weighted by molar-refractivity contribution is 0.102. The van der Waals surface area contributed by atoms with Gasteiger partial charge in [0.05, 0.1) is 33.0 Å². The summed E-state index contributed by atoms with van der Waals surface area (Å²) in [4.78, 5) is 12.1. The lowest BCUT2D eigenvalue weighted by Gasteiger charge is -2.09. The molecule has 0 aromatic heterocycles. The van der Waals surface area contributed by atoms with Crippen molar-refractivity contribution in [2.24, 2.45) is 0 Å². The Morgan fingerprint density at radius 2 is 2.10 bits per heavy atom. The first kappa shape index (κ1) is 14.0. The van der Waals surface area contributed by atoms with E-state index < -0.39 is 11.7 Å². The van der Waals surface area contributed by atoms with Crippen LogP contribution in [0.5, 0.6) is 0 Å². The molecule has 0 unspecified atom stereocenters. The maximum Gasteiger partial charge on any atom is 0.256 e. The summed E-state index contributed by atoms with van der Waals surface area (Å²) in [5, 5.41) is 11.3. The molecule has 2 aromatic rings. The van der Waals surface area contributed by atoms with E-state index in [1.54, 1.807) is 0 Å². The van der Waals surface area contributed by atoms with E-state index in [1.807, 2.05) is 6.07 Å². The summed E-state index contributed by atoms with van der Waals surface area (Å²) in [5.41, 5.74) is 6.93. The number of nitrogens with two attached hydrogens (primary N) is 1. The third-order valence-corrected chi connectivity index (χ3v) is 3.43. The molecule has 0 spiro atoms. The van der Waals surface area contributed by atoms with Crippen LogP contribution in [0.3, 0.4) is 0 Å². The number of benzene rings is 2. The summed E-state index contributed by atoms with van der Waals surface area (Å²) < 4.78 is 13.5. The second kappa shape index (κ2) is 5.72. The smallest absolute Gasteiger partial charge is 0.256 e. The number of amides is 1. The number of anilines is 2. The zero-order valence-corrected chi connectivity index (χ0v) is 11.7. The van der Waals surface area contributed by atoms with Crippen LogP contribution in [-0.4, -0.2) is 5.91 Å². The molecule has 20 heavy (non-hydrogen) atoms. The van der Waals surface area contributed by atoms with Crippen LogP contribution >= 0.6 is 15.9 Å². The Kier molecular flexibility index (Phi) is 4.01. The summed E-state index contributed by atoms with van der Waals surface area (Å²) in [6.45, 7) is 0. The van der Waals surface area contributed by atoms with E-state index in [-0.39, 0.29) is 15.7 Å². The maximum atomic E-state index is 13.4. The number of nitrogens with zero attached hydrogens (tertiary/aromatic N) is 1. The number of carbonyl (C=O) groups excluding carboxylic acids is 1. The van der Waals surface area contributed by atoms with Gasteiger partial charge in [0, 0.05) is 0 Å². The number of rotatable bonds is 2. The van der Waals surface area contributed by atoms with Crippen molar-refractivity contribution in [3.05, 3.63) is 57.8 Å². The van der Waals surface area contributed by atoms with Gasteiger partial charge in [0.25, 0.3) is 5.91 Å². The number of hydrogen-bond donors (Lipinski definition) is 2. The Morgan fingerprint density at radius 1 is 1.35 bits per heavy atom. The Morgan fingerprint density at radius 3 is 2.75 bits per heavy atom. The predicted molar refractivity (Wildman–Crippen MR) is 77.6 cm³/mol. The molecule has 0 fully saturated rings. The highest BCUT2D eigenvalue weighted by atomic mass is 79.9. The van der Waals surface area contributed by atoms with Gasteiger partial charge in [0.1, 0.15) is 5.82 Å². The van der Waals surface area contributed by atoms with E-state index in [0.29, 0.717) is 11.3 Å². The van der Waals surface area contributed by atoms with Gasteiger partial charge in [-0.05, 0) is 46.3 Å². The van der Waals surface area contributed by atoms with E-state index >= 15 is 0 Å². The molecule has 2 aromatic carbocycles. The van der Waals surface area contributed by atoms with Crippen molar-refractivity contribution >= 4 is 33.2 Å². The van der Waals surface area contributed by atoms with Crippen LogP contribution < -0.4 is 11.1 Å². The van der Waals surface area contributed by atoms with Gasteiger partial charge < -0.3 is 11.1 Å². The van der Waals surface area contributed by atoms with Crippen molar-refractivity contribution in [3.8, 4) is 6.07 Å². The van der Waals surface area contributed by atoms with Gasteiger partial charge in [-0.1, -0.05) is 6.07 Å². The first-order chi connectivity index (χ1) is 9.52. The summed E-state index contributed by atoms with van der Waals surface area (Å²) in [6.07, 6.45) is 0. The molecule has 0 aliphatic rings. The topological polar surface area (TPSA) is 78.9 Å². The Labute approximate surface area is 123 Å². The molecular formula is C14H9BrFN3O. The first-order valence-corrected chi connectivity index (χ1v) is 6.37. The van der Waals surface area contributed by atoms with E-state index in [9.17, 15) is 9.18 Å². The summed E-state index contributed by atoms with van der Waals surface area (Å²) >= 11 is 3.03. The number of halogens is 2. The van der Waals surface area contributed by atoms with Crippen LogP contribution in [0.25, 0.3) is 0 Å². The molecule has 0 aliphatic heterocycles. The zero-order valence-electron chi connectivity index (χ0n) is 10.2. The van der Waals surface area contributed by atoms with Crippen molar-refractivity contribution < 1.29 is 9.18 Å². The van der Waals surface area contributed by atoms with Gasteiger partial charge in [-0.15, -0.1) is 0 Å². The van der Waals surface area contributed by atoms with Crippen molar-refractivity contribution in [1.29, 1.82) is 5.26 Å². The molecule has 1 amide bonds. The van der Waals surface area contributed by atoms with Crippen LogP contribution in [0.2, 0.25) is 0 Å². The standard InChI is InChI=1S/C14H9BrFN3O/c15-13-9(2-1-3-10(13)16)14(20)19-12-5-4-8(7-17)6-11(12)18/h1-6H,18H2,(H,19,20). The third-order valence-electron chi connectivity index (χ3n) is 2.63. The number of nitriles is 1. The molecular weight excluding hydrogens is 325 g/mol. The lowest BCUT2D eigenvalue weighted by atomic mass is 10.1. The van der Waals surface area contributed by atoms with Gasteiger partial charge in [-0.3, -0.25) is 4.79 Å². The highest BCUT2D eigenvalue weighted by molar-refractivity contribution is 9.10. The van der Waals surface area contributed by atoms with Gasteiger partial charge in [-0.2, -0.15) is 5.26 Å². The third kappa shape index (κ3) is 2.78. The highest BCUT2D eigenvalue weighted by Crippen LogP contribution is 2.24. The van der Waals surface area contributed by atoms with E-state index in [1.165, 1.54) is 36.4 Å². The zero-order chi connectivity index (χ0) is 14.7. The monoisotopic (exact) mass is 333 g/mol. The SMILES string of the molecule is N#Cc1ccc(NC(=O)c2cccc(F)c2Br)c(N)c1. The van der Waals surface area contributed by atoms with Crippen LogP contribution in [0.15, 0.2) is 40.9 Å². The normalized spacial score (nSPS) is 9.85. The minimum atomic E-state index is -0.523. The summed E-state index contributed by atoms with van der Waals surface area (Å²) in [5.74, 6) is -1.02. The molecule has 0 aliphatic carbocycles. The van der Waals surface area contributed by atoms with Gasteiger partial charge in [-0.25, -0.2) is 4.39 Å². The van der Waals surface area contributed by atoms with E-state index in [4.69, 9.17) is 11.0 Å². The molecule has 0 saturated carbocycles. The number of carbonyl (C=O) groups is 1. The van der Waals surface area contributed by atoms with Gasteiger partial charge in [0.15, 0.2) is 0 Å². The fourth-order valence-electron chi connectivity index (χ4n) is 1.61. The molecule has 100 valence electrons. The van der Waals surface area contributed by atoms with Crippen LogP contribution in [0.1, 0.15) is 15.9 Å². The van der Waals surface area contributed by atoms with Crippen molar-refractivity contribution in [2.75, 3.05) is 11.1 Å². The second-order valence-electron chi connectivity index (χ2n) is 3.97. The average Bonchev–Trinajstić information content (AvgIpc) is 2.44. The van der Waals surface area contributed by atoms with Gasteiger partial charge >= 0.3 is 0 Å². The van der Waals surface area contributed by atoms with Crippen LogP contribution in [0, 0.1) is 17.1 Å². The van der Waals surface area contributed by atoms with E-state index in [0.717, 1.165) is 0 Å². The minimum absolute atomic E-state index is 0.0877. The van der Waals surface area contributed by atoms with Crippen molar-refractivity contribution in [3.63, 3.8) is 0 Å². The average molecular weight is 334 g/mol. The highest BCUT2D eigenvalue weighted by Gasteiger charge is 2.14. The Balaban J connectivity index is 2.29. The predicted octanol–water partition coefficient (Wildman–Crippen LogP) is 3.29. The molecule has 4 nitrogen and oxygen atoms in total. The number of nitrogen functional groups attached to an aromatic ring is 1. The van der Waals surface area contributed by atoms with Crippen molar-refractivity contribution in [2.45, 2.75) is 0 Å². The van der Waals surface area contributed by atoms with Crippen LogP contribution in [-0.2, 0) is 0 Å². The second-order valence-corrected chi connectivity index (χ2v) is 4.76. The Bertz CT molecular complexity index is 725. The van der Waals surface area contributed by atoms with Gasteiger partial charge in [0.2, 0.25) is 0 Å². The minimum Gasteiger partial charge on any atom is -0.397 e. The summed E-state index contributed by atoms with van der Waals surface area (Å²) in [6, 6.07) is 10.6. The molecule has 6 heteroatoms. The quantitative estimate of drug-likeness (QED) is 0.827. The molecule has 2 rings (SSSR count). The molecule has 0 heterocycles. The Hall–Kier alpha value is -2.39. The lowest BCUT2D eigenvalue weighted by Crippen LogP contribution is -2.14. The molecule has 0 atom stereocenters. The van der Waals surface area contributed by atoms with E-state index in [2.05, 4.69) is 21.2 Å². The molecule has 3 N–H and O–H groups in total. The molecule has 0 radical (unpaired) electrons. The fourth-order valence-corrected chi connectivity index (χ4v) is 2.06. The number of nitrogens with one attached hydrogen (secondary N) is 1. The summed E-state index contributed by atoms with van der Waals surface area (Å²) in [7, 11) is 0. The van der Waals surface area contributed by atoms with Crippen LogP contribution in [0.4, 0.5) is 15.8 Å². The fraction of sp³-hybridized carbons (Fsp3) is 0. The molecule has 0 bridgehead atoms. The first-order valence-electron chi connectivity index (χ1n) is 5.58. The maximum absolute atomic E-state index is 13.4. The number of hydrogen-bond acceptors (Lipinski definition) is 3. The molecule has 0 saturated heterocycles.